The minimum absolute atomic E-state index is 0.553. The van der Waals surface area contributed by atoms with Crippen molar-refractivity contribution < 1.29 is 4.42 Å². The van der Waals surface area contributed by atoms with Crippen LogP contribution >= 0.6 is 0 Å². The Labute approximate surface area is 77.0 Å². The first kappa shape index (κ1) is 9.73. The molecule has 0 unspecified atom stereocenters. The van der Waals surface area contributed by atoms with Crippen molar-refractivity contribution in [3.8, 4) is 0 Å². The number of nitrogens with two attached hydrogens (primary N) is 1. The van der Waals surface area contributed by atoms with Gasteiger partial charge in [0.15, 0.2) is 18.0 Å². The summed E-state index contributed by atoms with van der Waals surface area (Å²) in [6, 6.07) is 0. The van der Waals surface area contributed by atoms with Gasteiger partial charge in [0.2, 0.25) is 0 Å². The van der Waals surface area contributed by atoms with Gasteiger partial charge in [0.05, 0.1) is 5.69 Å². The van der Waals surface area contributed by atoms with E-state index in [0.29, 0.717) is 11.6 Å². The predicted molar refractivity (Wildman–Crippen MR) is 50.3 cm³/mol. The first-order chi connectivity index (χ1) is 6.29. The SMILES string of the molecule is CCCN=C(NN)c1ocnc1C. The minimum Gasteiger partial charge on any atom is -0.440 e. The Kier molecular flexibility index (Phi) is 3.45. The van der Waals surface area contributed by atoms with Gasteiger partial charge >= 0.3 is 0 Å². The molecule has 13 heavy (non-hydrogen) atoms. The topological polar surface area (TPSA) is 76.4 Å². The van der Waals surface area contributed by atoms with Gasteiger partial charge in [-0.1, -0.05) is 6.92 Å². The fraction of sp³-hybridized carbons (Fsp3) is 0.500. The molecule has 0 aliphatic heterocycles. The first-order valence-electron chi connectivity index (χ1n) is 4.21. The summed E-state index contributed by atoms with van der Waals surface area (Å²) in [5.74, 6) is 6.47. The molecule has 3 N–H and O–H groups in total. The van der Waals surface area contributed by atoms with E-state index in [9.17, 15) is 0 Å². The maximum Gasteiger partial charge on any atom is 0.193 e. The summed E-state index contributed by atoms with van der Waals surface area (Å²) in [4.78, 5) is 8.16. The van der Waals surface area contributed by atoms with Crippen molar-refractivity contribution in [3.05, 3.63) is 17.8 Å². The van der Waals surface area contributed by atoms with Crippen molar-refractivity contribution in [1.29, 1.82) is 0 Å². The second kappa shape index (κ2) is 4.61. The van der Waals surface area contributed by atoms with Crippen LogP contribution in [0, 0.1) is 6.92 Å². The van der Waals surface area contributed by atoms with Gasteiger partial charge in [-0.25, -0.2) is 10.8 Å². The van der Waals surface area contributed by atoms with E-state index in [1.165, 1.54) is 6.39 Å². The number of rotatable bonds is 3. The Morgan fingerprint density at radius 1 is 1.77 bits per heavy atom. The summed E-state index contributed by atoms with van der Waals surface area (Å²) in [5, 5.41) is 0. The number of amidine groups is 1. The van der Waals surface area contributed by atoms with E-state index in [2.05, 4.69) is 15.4 Å². The van der Waals surface area contributed by atoms with Crippen LogP contribution in [0.15, 0.2) is 15.8 Å². The molecule has 0 saturated heterocycles. The zero-order chi connectivity index (χ0) is 9.68. The zero-order valence-corrected chi connectivity index (χ0v) is 7.87. The molecule has 0 spiro atoms. The standard InChI is InChI=1S/C8H14N4O/c1-3-4-10-8(12-9)7-6(2)11-5-13-7/h5H,3-4,9H2,1-2H3,(H,10,12). The smallest absolute Gasteiger partial charge is 0.193 e. The van der Waals surface area contributed by atoms with Gasteiger partial charge in [0.25, 0.3) is 0 Å². The van der Waals surface area contributed by atoms with Crippen molar-refractivity contribution >= 4 is 5.84 Å². The van der Waals surface area contributed by atoms with Crippen LogP contribution in [0.1, 0.15) is 24.8 Å². The molecule has 1 aromatic rings. The Balaban J connectivity index is 2.84. The lowest BCUT2D eigenvalue weighted by molar-refractivity contribution is 0.543. The monoisotopic (exact) mass is 182 g/mol. The van der Waals surface area contributed by atoms with Crippen LogP contribution in [0.5, 0.6) is 0 Å². The lowest BCUT2D eigenvalue weighted by Gasteiger charge is -2.01. The summed E-state index contributed by atoms with van der Waals surface area (Å²) in [6.07, 6.45) is 2.35. The van der Waals surface area contributed by atoms with E-state index < -0.39 is 0 Å². The highest BCUT2D eigenvalue weighted by Crippen LogP contribution is 2.04. The van der Waals surface area contributed by atoms with Gasteiger partial charge in [0.1, 0.15) is 0 Å². The quantitative estimate of drug-likeness (QED) is 0.310. The molecule has 0 saturated carbocycles. The minimum atomic E-state index is 0.553. The molecule has 0 radical (unpaired) electrons. The molecule has 5 nitrogen and oxygen atoms in total. The van der Waals surface area contributed by atoms with E-state index in [1.54, 1.807) is 0 Å². The van der Waals surface area contributed by atoms with Crippen LogP contribution in [-0.2, 0) is 0 Å². The Morgan fingerprint density at radius 3 is 3.00 bits per heavy atom. The van der Waals surface area contributed by atoms with Crippen LogP contribution in [0.25, 0.3) is 0 Å². The second-order valence-electron chi connectivity index (χ2n) is 2.64. The number of oxazole rings is 1. The summed E-state index contributed by atoms with van der Waals surface area (Å²) in [7, 11) is 0. The van der Waals surface area contributed by atoms with Gasteiger partial charge in [-0.05, 0) is 13.3 Å². The predicted octanol–water partition coefficient (Wildman–Crippen LogP) is 0.603. The van der Waals surface area contributed by atoms with Gasteiger partial charge in [-0.3, -0.25) is 4.99 Å². The van der Waals surface area contributed by atoms with Crippen LogP contribution in [0.3, 0.4) is 0 Å². The van der Waals surface area contributed by atoms with Crippen LogP contribution < -0.4 is 11.3 Å². The van der Waals surface area contributed by atoms with E-state index >= 15 is 0 Å². The largest absolute Gasteiger partial charge is 0.440 e. The number of hydrogen-bond donors (Lipinski definition) is 2. The molecule has 0 fully saturated rings. The molecule has 1 rings (SSSR count). The van der Waals surface area contributed by atoms with Crippen molar-refractivity contribution in [2.24, 2.45) is 10.8 Å². The number of hydrazine groups is 1. The number of aromatic nitrogens is 1. The summed E-state index contributed by atoms with van der Waals surface area (Å²) in [5.41, 5.74) is 3.28. The Bertz CT molecular complexity index is 292. The number of nitrogens with one attached hydrogen (secondary N) is 1. The molecule has 0 aliphatic rings. The Morgan fingerprint density at radius 2 is 2.54 bits per heavy atom. The maximum atomic E-state index is 5.31. The second-order valence-corrected chi connectivity index (χ2v) is 2.64. The summed E-state index contributed by atoms with van der Waals surface area (Å²) in [6.45, 7) is 4.61. The third-order valence-electron chi connectivity index (χ3n) is 1.59. The number of aliphatic imine (C=N–C) groups is 1. The van der Waals surface area contributed by atoms with Crippen LogP contribution in [-0.4, -0.2) is 17.4 Å². The number of nitrogens with zero attached hydrogens (tertiary/aromatic N) is 2. The Hall–Kier alpha value is -1.36. The molecular formula is C8H14N4O. The van der Waals surface area contributed by atoms with Gasteiger partial charge in [-0.15, -0.1) is 0 Å². The average Bonchev–Trinajstić information content (AvgIpc) is 2.54. The summed E-state index contributed by atoms with van der Waals surface area (Å²) >= 11 is 0. The third-order valence-corrected chi connectivity index (χ3v) is 1.59. The van der Waals surface area contributed by atoms with Crippen molar-refractivity contribution in [2.75, 3.05) is 6.54 Å². The molecule has 0 aliphatic carbocycles. The van der Waals surface area contributed by atoms with Crippen LogP contribution in [0.4, 0.5) is 0 Å². The highest BCUT2D eigenvalue weighted by Gasteiger charge is 2.09. The molecule has 0 atom stereocenters. The molecule has 0 aromatic carbocycles. The van der Waals surface area contributed by atoms with E-state index in [4.69, 9.17) is 10.3 Å². The fourth-order valence-corrected chi connectivity index (χ4v) is 0.936. The summed E-state index contributed by atoms with van der Waals surface area (Å²) < 4.78 is 5.13. The first-order valence-corrected chi connectivity index (χ1v) is 4.21. The van der Waals surface area contributed by atoms with E-state index in [-0.39, 0.29) is 0 Å². The molecule has 5 heteroatoms. The number of hydrogen-bond acceptors (Lipinski definition) is 4. The fourth-order valence-electron chi connectivity index (χ4n) is 0.936. The molecular weight excluding hydrogens is 168 g/mol. The van der Waals surface area contributed by atoms with E-state index in [0.717, 1.165) is 18.7 Å². The molecule has 1 heterocycles. The highest BCUT2D eigenvalue weighted by molar-refractivity contribution is 5.96. The normalized spacial score (nSPS) is 11.8. The highest BCUT2D eigenvalue weighted by atomic mass is 16.3. The van der Waals surface area contributed by atoms with Crippen molar-refractivity contribution in [1.82, 2.24) is 10.4 Å². The van der Waals surface area contributed by atoms with Gasteiger partial charge < -0.3 is 9.84 Å². The third kappa shape index (κ3) is 2.29. The number of aryl methyl sites for hydroxylation is 1. The molecule has 0 amide bonds. The van der Waals surface area contributed by atoms with Crippen molar-refractivity contribution in [2.45, 2.75) is 20.3 Å². The molecule has 1 aromatic heterocycles. The molecule has 0 bridgehead atoms. The lowest BCUT2D eigenvalue weighted by Crippen LogP contribution is -2.31. The average molecular weight is 182 g/mol. The zero-order valence-electron chi connectivity index (χ0n) is 7.87. The lowest BCUT2D eigenvalue weighted by atomic mass is 10.3. The maximum absolute atomic E-state index is 5.31. The van der Waals surface area contributed by atoms with Crippen LogP contribution in [0.2, 0.25) is 0 Å². The van der Waals surface area contributed by atoms with E-state index in [1.807, 2.05) is 13.8 Å². The van der Waals surface area contributed by atoms with Gasteiger partial charge in [0, 0.05) is 6.54 Å². The van der Waals surface area contributed by atoms with Gasteiger partial charge in [-0.2, -0.15) is 0 Å². The molecule has 72 valence electrons. The van der Waals surface area contributed by atoms with Crippen molar-refractivity contribution in [3.63, 3.8) is 0 Å².